The second-order valence-electron chi connectivity index (χ2n) is 2.15. The molecule has 0 spiro atoms. The molecule has 13 heavy (non-hydrogen) atoms. The summed E-state index contributed by atoms with van der Waals surface area (Å²) in [6.45, 7) is 0.195. The summed E-state index contributed by atoms with van der Waals surface area (Å²) in [7, 11) is 0. The summed E-state index contributed by atoms with van der Waals surface area (Å²) in [6.07, 6.45) is 1.82. The first-order valence-corrected chi connectivity index (χ1v) is 5.37. The lowest BCUT2D eigenvalue weighted by atomic mass is 10.6. The highest BCUT2D eigenvalue weighted by molar-refractivity contribution is 7.98. The van der Waals surface area contributed by atoms with E-state index in [1.54, 1.807) is 0 Å². The molecule has 0 aliphatic carbocycles. The number of hydrogen-bond acceptors (Lipinski definition) is 3. The van der Waals surface area contributed by atoms with Crippen molar-refractivity contribution < 1.29 is 0 Å². The number of hydrogen-bond donors (Lipinski definition) is 1. The highest BCUT2D eigenvalue weighted by atomic mass is 35.5. The molecule has 0 bridgehead atoms. The summed E-state index contributed by atoms with van der Waals surface area (Å²) in [4.78, 5) is 13.7. The molecule has 1 aromatic heterocycles. The van der Waals surface area contributed by atoms with E-state index in [2.05, 4.69) is 10.1 Å². The molecule has 0 radical (unpaired) electrons. The van der Waals surface area contributed by atoms with Gasteiger partial charge in [-0.1, -0.05) is 35.0 Å². The maximum Gasteiger partial charge on any atom is 0.344 e. The van der Waals surface area contributed by atoms with Gasteiger partial charge in [0, 0.05) is 5.54 Å². The predicted octanol–water partition coefficient (Wildman–Crippen LogP) is 1.61. The molecule has 0 saturated heterocycles. The predicted molar refractivity (Wildman–Crippen MR) is 54.4 cm³/mol. The first-order valence-electron chi connectivity index (χ1n) is 3.33. The molecule has 4 nitrogen and oxygen atoms in total. The van der Waals surface area contributed by atoms with Crippen molar-refractivity contribution in [2.24, 2.45) is 0 Å². The number of allylic oxidation sites excluding steroid dienone is 1. The van der Waals surface area contributed by atoms with Gasteiger partial charge in [-0.3, -0.25) is 4.98 Å². The van der Waals surface area contributed by atoms with Gasteiger partial charge in [0.05, 0.1) is 11.6 Å². The van der Waals surface area contributed by atoms with Gasteiger partial charge in [-0.05, 0) is 6.26 Å². The Morgan fingerprint density at radius 2 is 2.54 bits per heavy atom. The number of aromatic amines is 1. The molecule has 1 heterocycles. The van der Waals surface area contributed by atoms with E-state index >= 15 is 0 Å². The van der Waals surface area contributed by atoms with Crippen LogP contribution in [0.4, 0.5) is 0 Å². The van der Waals surface area contributed by atoms with Gasteiger partial charge in [0.15, 0.2) is 5.16 Å². The monoisotopic (exact) mass is 239 g/mol. The molecule has 1 aromatic rings. The highest BCUT2D eigenvalue weighted by Crippen LogP contribution is 2.07. The van der Waals surface area contributed by atoms with Crippen molar-refractivity contribution in [2.45, 2.75) is 11.7 Å². The van der Waals surface area contributed by atoms with Gasteiger partial charge in [-0.15, -0.1) is 5.10 Å². The van der Waals surface area contributed by atoms with E-state index in [4.69, 9.17) is 23.2 Å². The quantitative estimate of drug-likeness (QED) is 0.816. The molecule has 0 unspecified atom stereocenters. The topological polar surface area (TPSA) is 50.7 Å². The van der Waals surface area contributed by atoms with Gasteiger partial charge in [0.25, 0.3) is 0 Å². The molecular formula is C6H7Cl2N3OS. The molecule has 72 valence electrons. The van der Waals surface area contributed by atoms with E-state index < -0.39 is 0 Å². The lowest BCUT2D eigenvalue weighted by Crippen LogP contribution is -2.18. The number of halogens is 2. The van der Waals surface area contributed by atoms with Gasteiger partial charge in [0.1, 0.15) is 0 Å². The highest BCUT2D eigenvalue weighted by Gasteiger charge is 2.04. The molecule has 0 aromatic carbocycles. The van der Waals surface area contributed by atoms with Gasteiger partial charge < -0.3 is 0 Å². The molecule has 0 aliphatic heterocycles. The van der Waals surface area contributed by atoms with E-state index in [0.717, 1.165) is 0 Å². The molecule has 7 heteroatoms. The zero-order chi connectivity index (χ0) is 9.84. The van der Waals surface area contributed by atoms with Gasteiger partial charge in [0.2, 0.25) is 0 Å². The largest absolute Gasteiger partial charge is 0.344 e. The Morgan fingerprint density at radius 3 is 3.00 bits per heavy atom. The molecule has 1 N–H and O–H groups in total. The van der Waals surface area contributed by atoms with E-state index in [0.29, 0.717) is 10.2 Å². The standard InChI is InChI=1S/C6H7Cl2N3OS/c1-13-5-9-6(12)11(10-5)3-4(8)2-7/h2H,3H2,1H3,(H,9,10,12)/b4-2-. The average Bonchev–Trinajstić information content (AvgIpc) is 2.47. The van der Waals surface area contributed by atoms with Crippen LogP contribution in [-0.4, -0.2) is 21.0 Å². The van der Waals surface area contributed by atoms with Crippen LogP contribution in [0.3, 0.4) is 0 Å². The first kappa shape index (κ1) is 10.7. The maximum atomic E-state index is 11.2. The van der Waals surface area contributed by atoms with Crippen molar-refractivity contribution in [2.75, 3.05) is 6.26 Å². The summed E-state index contributed by atoms with van der Waals surface area (Å²) in [5.74, 6) is 0. The van der Waals surface area contributed by atoms with Crippen molar-refractivity contribution in [3.05, 3.63) is 21.1 Å². The Morgan fingerprint density at radius 1 is 1.85 bits per heavy atom. The van der Waals surface area contributed by atoms with Crippen LogP contribution in [0, 0.1) is 0 Å². The Labute approximate surface area is 88.9 Å². The molecule has 1 rings (SSSR count). The fourth-order valence-electron chi connectivity index (χ4n) is 0.713. The van der Waals surface area contributed by atoms with Crippen LogP contribution in [-0.2, 0) is 6.54 Å². The number of H-pyrrole nitrogens is 1. The minimum absolute atomic E-state index is 0.195. The van der Waals surface area contributed by atoms with Crippen LogP contribution in [0.1, 0.15) is 0 Å². The van der Waals surface area contributed by atoms with E-state index in [1.807, 2.05) is 6.26 Å². The fourth-order valence-corrected chi connectivity index (χ4v) is 1.26. The summed E-state index contributed by atoms with van der Waals surface area (Å²) in [5, 5.41) is 4.87. The molecule has 0 aliphatic rings. The minimum atomic E-state index is -0.291. The van der Waals surface area contributed by atoms with Gasteiger partial charge in [-0.2, -0.15) is 0 Å². The van der Waals surface area contributed by atoms with Crippen LogP contribution in [0.5, 0.6) is 0 Å². The number of thioether (sulfide) groups is 1. The SMILES string of the molecule is CSc1nn(C/C(Cl)=C/Cl)c(=O)[nH]1. The summed E-state index contributed by atoms with van der Waals surface area (Å²) in [5.41, 5.74) is 0.919. The van der Waals surface area contributed by atoms with Crippen LogP contribution in [0.25, 0.3) is 0 Å². The third kappa shape index (κ3) is 2.79. The molecule has 0 fully saturated rings. The first-order chi connectivity index (χ1) is 6.17. The van der Waals surface area contributed by atoms with Crippen LogP contribution in [0.2, 0.25) is 0 Å². The average molecular weight is 240 g/mol. The van der Waals surface area contributed by atoms with Crippen LogP contribution in [0.15, 0.2) is 20.5 Å². The fraction of sp³-hybridized carbons (Fsp3) is 0.333. The minimum Gasteiger partial charge on any atom is -0.284 e. The third-order valence-corrected chi connectivity index (χ3v) is 2.45. The second-order valence-corrected chi connectivity index (χ2v) is 3.65. The Balaban J connectivity index is 2.89. The molecule has 0 amide bonds. The summed E-state index contributed by atoms with van der Waals surface area (Å²) < 4.78 is 1.22. The van der Waals surface area contributed by atoms with E-state index in [9.17, 15) is 4.79 Å². The third-order valence-electron chi connectivity index (χ3n) is 1.27. The van der Waals surface area contributed by atoms with Crippen molar-refractivity contribution in [1.29, 1.82) is 0 Å². The van der Waals surface area contributed by atoms with E-state index in [1.165, 1.54) is 22.0 Å². The Kier molecular flexibility index (Phi) is 3.90. The van der Waals surface area contributed by atoms with Crippen molar-refractivity contribution in [1.82, 2.24) is 14.8 Å². The van der Waals surface area contributed by atoms with E-state index in [-0.39, 0.29) is 12.2 Å². The zero-order valence-corrected chi connectivity index (χ0v) is 9.08. The van der Waals surface area contributed by atoms with Crippen molar-refractivity contribution >= 4 is 35.0 Å². The smallest absolute Gasteiger partial charge is 0.284 e. The number of aromatic nitrogens is 3. The maximum absolute atomic E-state index is 11.2. The van der Waals surface area contributed by atoms with Crippen LogP contribution < -0.4 is 5.69 Å². The zero-order valence-electron chi connectivity index (χ0n) is 6.75. The number of rotatable bonds is 3. The number of nitrogens with one attached hydrogen (secondary N) is 1. The summed E-state index contributed by atoms with van der Waals surface area (Å²) >= 11 is 12.3. The lowest BCUT2D eigenvalue weighted by molar-refractivity contribution is 0.652. The van der Waals surface area contributed by atoms with Gasteiger partial charge >= 0.3 is 5.69 Å². The second kappa shape index (κ2) is 4.74. The normalized spacial score (nSPS) is 12.1. The summed E-state index contributed by atoms with van der Waals surface area (Å²) in [6, 6.07) is 0. The van der Waals surface area contributed by atoms with Crippen molar-refractivity contribution in [3.8, 4) is 0 Å². The molecule has 0 atom stereocenters. The Hall–Kier alpha value is -0.390. The van der Waals surface area contributed by atoms with Crippen molar-refractivity contribution in [3.63, 3.8) is 0 Å². The Bertz CT molecular complexity index is 370. The number of nitrogens with zero attached hydrogens (tertiary/aromatic N) is 2. The molecular weight excluding hydrogens is 233 g/mol. The van der Waals surface area contributed by atoms with Gasteiger partial charge in [-0.25, -0.2) is 9.48 Å². The molecule has 0 saturated carbocycles. The van der Waals surface area contributed by atoms with Crippen LogP contribution >= 0.6 is 35.0 Å². The lowest BCUT2D eigenvalue weighted by Gasteiger charge is -1.94.